The maximum atomic E-state index is 4.65. The van der Waals surface area contributed by atoms with Gasteiger partial charge in [0.2, 0.25) is 0 Å². The second-order valence-electron chi connectivity index (χ2n) is 4.89. The zero-order valence-electron chi connectivity index (χ0n) is 12.6. The van der Waals surface area contributed by atoms with Crippen LogP contribution >= 0.6 is 27.7 Å². The normalized spacial score (nSPS) is 10.9. The summed E-state index contributed by atoms with van der Waals surface area (Å²) in [6, 6.07) is 8.33. The van der Waals surface area contributed by atoms with Crippen LogP contribution < -0.4 is 5.32 Å². The molecule has 0 amide bonds. The van der Waals surface area contributed by atoms with Gasteiger partial charge >= 0.3 is 0 Å². The van der Waals surface area contributed by atoms with Crippen molar-refractivity contribution < 1.29 is 0 Å². The number of hydrogen-bond donors (Lipinski definition) is 1. The molecule has 0 radical (unpaired) electrons. The third-order valence-electron chi connectivity index (χ3n) is 3.27. The minimum Gasteiger partial charge on any atom is -0.319 e. The van der Waals surface area contributed by atoms with E-state index in [2.05, 4.69) is 69.3 Å². The molecule has 5 heteroatoms. The van der Waals surface area contributed by atoms with Crippen molar-refractivity contribution in [1.82, 2.24) is 15.3 Å². The van der Waals surface area contributed by atoms with Crippen LogP contribution in [-0.2, 0) is 12.2 Å². The fourth-order valence-corrected chi connectivity index (χ4v) is 3.18. The van der Waals surface area contributed by atoms with E-state index in [-0.39, 0.29) is 0 Å². The van der Waals surface area contributed by atoms with Crippen molar-refractivity contribution in [3.63, 3.8) is 0 Å². The number of halogens is 1. The lowest BCUT2D eigenvalue weighted by atomic mass is 10.1. The number of nitrogens with zero attached hydrogens (tertiary/aromatic N) is 2. The van der Waals surface area contributed by atoms with Crippen molar-refractivity contribution in [2.45, 2.75) is 30.9 Å². The van der Waals surface area contributed by atoms with E-state index in [1.54, 1.807) is 11.8 Å². The summed E-state index contributed by atoms with van der Waals surface area (Å²) >= 11 is 5.22. The maximum absolute atomic E-state index is 4.65. The van der Waals surface area contributed by atoms with Gasteiger partial charge in [-0.05, 0) is 63.7 Å². The Morgan fingerprint density at radius 2 is 1.71 bits per heavy atom. The fraction of sp³-hybridized carbons (Fsp3) is 0.375. The highest BCUT2D eigenvalue weighted by Crippen LogP contribution is 2.24. The zero-order valence-corrected chi connectivity index (χ0v) is 15.0. The van der Waals surface area contributed by atoms with Crippen LogP contribution in [0.3, 0.4) is 0 Å². The Balaban J connectivity index is 2.05. The highest BCUT2D eigenvalue weighted by molar-refractivity contribution is 9.10. The molecule has 2 aromatic rings. The van der Waals surface area contributed by atoms with Gasteiger partial charge in [0.25, 0.3) is 0 Å². The SMILES string of the molecule is CNCCc1c(C)nc(CSc2ccc(Br)cc2)nc1C. The Hall–Kier alpha value is -0.910. The third-order valence-corrected chi connectivity index (χ3v) is 4.81. The lowest BCUT2D eigenvalue weighted by molar-refractivity contribution is 0.769. The number of nitrogens with one attached hydrogen (secondary N) is 1. The molecule has 112 valence electrons. The van der Waals surface area contributed by atoms with Crippen LogP contribution in [0.4, 0.5) is 0 Å². The Morgan fingerprint density at radius 1 is 1.10 bits per heavy atom. The molecule has 0 atom stereocenters. The molecule has 0 unspecified atom stereocenters. The van der Waals surface area contributed by atoms with Crippen LogP contribution in [0.15, 0.2) is 33.6 Å². The standard InChI is InChI=1S/C16H20BrN3S/c1-11-15(8-9-18-3)12(2)20-16(19-11)10-21-14-6-4-13(17)5-7-14/h4-7,18H,8-10H2,1-3H3. The minimum absolute atomic E-state index is 0.801. The summed E-state index contributed by atoms with van der Waals surface area (Å²) in [6.07, 6.45) is 0.980. The molecule has 1 N–H and O–H groups in total. The van der Waals surface area contributed by atoms with E-state index in [0.717, 1.165) is 40.4 Å². The number of hydrogen-bond acceptors (Lipinski definition) is 4. The predicted octanol–water partition coefficient (Wildman–Crippen LogP) is 3.91. The monoisotopic (exact) mass is 365 g/mol. The molecule has 3 nitrogen and oxygen atoms in total. The van der Waals surface area contributed by atoms with Gasteiger partial charge in [-0.2, -0.15) is 0 Å². The van der Waals surface area contributed by atoms with Gasteiger partial charge in [-0.25, -0.2) is 9.97 Å². The molecule has 1 aromatic heterocycles. The summed E-state index contributed by atoms with van der Waals surface area (Å²) in [5.74, 6) is 1.71. The molecule has 0 saturated heterocycles. The summed E-state index contributed by atoms with van der Waals surface area (Å²) in [6.45, 7) is 5.11. The number of aryl methyl sites for hydroxylation is 2. The first kappa shape index (κ1) is 16.5. The van der Waals surface area contributed by atoms with E-state index in [1.807, 2.05) is 7.05 Å². The van der Waals surface area contributed by atoms with Crippen LogP contribution in [0.25, 0.3) is 0 Å². The third kappa shape index (κ3) is 4.80. The molecule has 0 bridgehead atoms. The summed E-state index contributed by atoms with van der Waals surface area (Å²) in [5.41, 5.74) is 3.47. The highest BCUT2D eigenvalue weighted by atomic mass is 79.9. The number of aromatic nitrogens is 2. The molecular formula is C16H20BrN3S. The van der Waals surface area contributed by atoms with E-state index >= 15 is 0 Å². The van der Waals surface area contributed by atoms with E-state index < -0.39 is 0 Å². The van der Waals surface area contributed by atoms with Crippen LogP contribution in [0.5, 0.6) is 0 Å². The second kappa shape index (κ2) is 7.92. The van der Waals surface area contributed by atoms with Crippen molar-refractivity contribution in [1.29, 1.82) is 0 Å². The first-order valence-corrected chi connectivity index (χ1v) is 8.74. The van der Waals surface area contributed by atoms with Gasteiger partial charge in [-0.1, -0.05) is 15.9 Å². The molecule has 1 aromatic carbocycles. The van der Waals surface area contributed by atoms with Crippen molar-refractivity contribution in [2.75, 3.05) is 13.6 Å². The summed E-state index contributed by atoms with van der Waals surface area (Å²) in [7, 11) is 1.97. The first-order chi connectivity index (χ1) is 10.1. The Labute approximate surface area is 139 Å². The topological polar surface area (TPSA) is 37.8 Å². The van der Waals surface area contributed by atoms with Gasteiger partial charge in [-0.3, -0.25) is 0 Å². The van der Waals surface area contributed by atoms with E-state index in [4.69, 9.17) is 0 Å². The predicted molar refractivity (Wildman–Crippen MR) is 92.8 cm³/mol. The van der Waals surface area contributed by atoms with Gasteiger partial charge in [-0.15, -0.1) is 11.8 Å². The van der Waals surface area contributed by atoms with E-state index in [9.17, 15) is 0 Å². The highest BCUT2D eigenvalue weighted by Gasteiger charge is 2.08. The Bertz CT molecular complexity index is 576. The molecular weight excluding hydrogens is 346 g/mol. The van der Waals surface area contributed by atoms with Gasteiger partial charge < -0.3 is 5.32 Å². The van der Waals surface area contributed by atoms with Gasteiger partial charge in [0.15, 0.2) is 0 Å². The summed E-state index contributed by atoms with van der Waals surface area (Å²) in [5, 5.41) is 3.17. The number of likely N-dealkylation sites (N-methyl/N-ethyl adjacent to an activating group) is 1. The average Bonchev–Trinajstić information content (AvgIpc) is 2.46. The Morgan fingerprint density at radius 3 is 2.29 bits per heavy atom. The van der Waals surface area contributed by atoms with Crippen LogP contribution in [0.1, 0.15) is 22.8 Å². The Kier molecular flexibility index (Phi) is 6.21. The molecule has 0 aliphatic carbocycles. The number of benzene rings is 1. The lowest BCUT2D eigenvalue weighted by Gasteiger charge is -2.10. The van der Waals surface area contributed by atoms with Crippen molar-refractivity contribution in [3.8, 4) is 0 Å². The largest absolute Gasteiger partial charge is 0.319 e. The molecule has 21 heavy (non-hydrogen) atoms. The number of thioether (sulfide) groups is 1. The molecule has 0 aliphatic rings. The second-order valence-corrected chi connectivity index (χ2v) is 6.85. The summed E-state index contributed by atoms with van der Waals surface area (Å²) in [4.78, 5) is 10.5. The van der Waals surface area contributed by atoms with Gasteiger partial charge in [0, 0.05) is 20.8 Å². The molecule has 2 rings (SSSR count). The zero-order chi connectivity index (χ0) is 15.2. The molecule has 1 heterocycles. The first-order valence-electron chi connectivity index (χ1n) is 6.96. The molecule has 0 spiro atoms. The smallest absolute Gasteiger partial charge is 0.139 e. The quantitative estimate of drug-likeness (QED) is 0.787. The van der Waals surface area contributed by atoms with E-state index in [1.165, 1.54) is 10.5 Å². The minimum atomic E-state index is 0.801. The van der Waals surface area contributed by atoms with Crippen LogP contribution in [0.2, 0.25) is 0 Å². The lowest BCUT2D eigenvalue weighted by Crippen LogP contribution is -2.14. The molecule has 0 saturated carbocycles. The van der Waals surface area contributed by atoms with E-state index in [0.29, 0.717) is 0 Å². The molecule has 0 fully saturated rings. The maximum Gasteiger partial charge on any atom is 0.139 e. The summed E-state index contributed by atoms with van der Waals surface area (Å²) < 4.78 is 1.10. The number of rotatable bonds is 6. The van der Waals surface area contributed by atoms with Crippen molar-refractivity contribution in [2.24, 2.45) is 0 Å². The van der Waals surface area contributed by atoms with Crippen molar-refractivity contribution >= 4 is 27.7 Å². The van der Waals surface area contributed by atoms with Crippen LogP contribution in [0, 0.1) is 13.8 Å². The average molecular weight is 366 g/mol. The van der Waals surface area contributed by atoms with Crippen LogP contribution in [-0.4, -0.2) is 23.6 Å². The molecule has 0 aliphatic heterocycles. The van der Waals surface area contributed by atoms with Gasteiger partial charge in [0.1, 0.15) is 5.82 Å². The van der Waals surface area contributed by atoms with Crippen molar-refractivity contribution in [3.05, 3.63) is 51.5 Å². The fourth-order valence-electron chi connectivity index (χ4n) is 2.16. The van der Waals surface area contributed by atoms with Gasteiger partial charge in [0.05, 0.1) is 5.75 Å².